The number of nitrogens with zero attached hydrogens (tertiary/aromatic N) is 3. The highest BCUT2D eigenvalue weighted by Crippen LogP contribution is 2.31. The van der Waals surface area contributed by atoms with Gasteiger partial charge in [-0.1, -0.05) is 24.3 Å². The first-order valence-corrected chi connectivity index (χ1v) is 7.02. The van der Waals surface area contributed by atoms with Gasteiger partial charge < -0.3 is 10.3 Å². The SMILES string of the molecule is CCn1c(CN)nnc1C1CCc2ccccc2C1. The van der Waals surface area contributed by atoms with Gasteiger partial charge in [-0.05, 0) is 37.3 Å². The molecule has 1 aliphatic carbocycles. The van der Waals surface area contributed by atoms with Crippen LogP contribution in [0.1, 0.15) is 42.0 Å². The zero-order valence-corrected chi connectivity index (χ0v) is 11.3. The molecule has 1 aromatic heterocycles. The average molecular weight is 256 g/mol. The van der Waals surface area contributed by atoms with Crippen molar-refractivity contribution in [3.8, 4) is 0 Å². The van der Waals surface area contributed by atoms with Gasteiger partial charge in [-0.3, -0.25) is 0 Å². The third kappa shape index (κ3) is 2.16. The Morgan fingerprint density at radius 3 is 2.79 bits per heavy atom. The lowest BCUT2D eigenvalue weighted by molar-refractivity contribution is 0.518. The van der Waals surface area contributed by atoms with Crippen molar-refractivity contribution in [2.24, 2.45) is 5.73 Å². The minimum absolute atomic E-state index is 0.462. The molecular weight excluding hydrogens is 236 g/mol. The van der Waals surface area contributed by atoms with E-state index in [1.165, 1.54) is 11.1 Å². The molecule has 0 bridgehead atoms. The van der Waals surface area contributed by atoms with Gasteiger partial charge >= 0.3 is 0 Å². The molecule has 0 fully saturated rings. The molecule has 2 aromatic rings. The van der Waals surface area contributed by atoms with Crippen LogP contribution in [0.15, 0.2) is 24.3 Å². The fourth-order valence-electron chi connectivity index (χ4n) is 3.06. The molecular formula is C15H20N4. The molecule has 1 aliphatic rings. The van der Waals surface area contributed by atoms with E-state index in [1.807, 2.05) is 0 Å². The molecule has 0 amide bonds. The van der Waals surface area contributed by atoms with Gasteiger partial charge in [0.15, 0.2) is 0 Å². The number of hydrogen-bond donors (Lipinski definition) is 1. The van der Waals surface area contributed by atoms with Crippen LogP contribution in [0.25, 0.3) is 0 Å². The predicted molar refractivity (Wildman–Crippen MR) is 74.8 cm³/mol. The Labute approximate surface area is 113 Å². The van der Waals surface area contributed by atoms with E-state index in [4.69, 9.17) is 5.73 Å². The molecule has 2 N–H and O–H groups in total. The summed E-state index contributed by atoms with van der Waals surface area (Å²) in [4.78, 5) is 0. The first-order valence-electron chi connectivity index (χ1n) is 7.02. The summed E-state index contributed by atoms with van der Waals surface area (Å²) in [6.45, 7) is 3.49. The molecule has 1 atom stereocenters. The number of aromatic nitrogens is 3. The van der Waals surface area contributed by atoms with E-state index in [1.54, 1.807) is 0 Å². The highest BCUT2D eigenvalue weighted by molar-refractivity contribution is 5.31. The topological polar surface area (TPSA) is 56.7 Å². The molecule has 0 aliphatic heterocycles. The predicted octanol–water partition coefficient (Wildman–Crippen LogP) is 2.03. The third-order valence-electron chi connectivity index (χ3n) is 4.07. The van der Waals surface area contributed by atoms with E-state index >= 15 is 0 Å². The zero-order chi connectivity index (χ0) is 13.2. The van der Waals surface area contributed by atoms with E-state index in [9.17, 15) is 0 Å². The van der Waals surface area contributed by atoms with E-state index in [0.29, 0.717) is 12.5 Å². The summed E-state index contributed by atoms with van der Waals surface area (Å²) in [6.07, 6.45) is 3.36. The summed E-state index contributed by atoms with van der Waals surface area (Å²) in [5.41, 5.74) is 8.67. The van der Waals surface area contributed by atoms with Crippen molar-refractivity contribution in [1.29, 1.82) is 0 Å². The van der Waals surface area contributed by atoms with Crippen LogP contribution in [0.5, 0.6) is 0 Å². The summed E-state index contributed by atoms with van der Waals surface area (Å²) >= 11 is 0. The second-order valence-corrected chi connectivity index (χ2v) is 5.13. The van der Waals surface area contributed by atoms with Crippen LogP contribution in [0.2, 0.25) is 0 Å². The normalized spacial score (nSPS) is 18.3. The molecule has 3 rings (SSSR count). The van der Waals surface area contributed by atoms with Gasteiger partial charge in [0.1, 0.15) is 11.6 Å². The van der Waals surface area contributed by atoms with Gasteiger partial charge in [0.05, 0.1) is 6.54 Å². The lowest BCUT2D eigenvalue weighted by atomic mass is 9.83. The summed E-state index contributed by atoms with van der Waals surface area (Å²) in [5, 5.41) is 8.61. The van der Waals surface area contributed by atoms with Crippen molar-refractivity contribution in [2.45, 2.75) is 45.2 Å². The molecule has 4 nitrogen and oxygen atoms in total. The maximum Gasteiger partial charge on any atom is 0.146 e. The van der Waals surface area contributed by atoms with Crippen molar-refractivity contribution < 1.29 is 0 Å². The minimum atomic E-state index is 0.462. The second-order valence-electron chi connectivity index (χ2n) is 5.13. The third-order valence-corrected chi connectivity index (χ3v) is 4.07. The Kier molecular flexibility index (Phi) is 3.34. The first-order chi connectivity index (χ1) is 9.33. The van der Waals surface area contributed by atoms with Crippen LogP contribution < -0.4 is 5.73 Å². The summed E-state index contributed by atoms with van der Waals surface area (Å²) in [5.74, 6) is 2.48. The molecule has 1 heterocycles. The molecule has 100 valence electrons. The van der Waals surface area contributed by atoms with Gasteiger partial charge in [0, 0.05) is 12.5 Å². The minimum Gasteiger partial charge on any atom is -0.324 e. The van der Waals surface area contributed by atoms with Crippen LogP contribution in [0.3, 0.4) is 0 Å². The second kappa shape index (κ2) is 5.13. The highest BCUT2D eigenvalue weighted by atomic mass is 15.3. The number of aryl methyl sites for hydroxylation is 1. The maximum absolute atomic E-state index is 5.72. The van der Waals surface area contributed by atoms with Crippen LogP contribution in [0, 0.1) is 0 Å². The zero-order valence-electron chi connectivity index (χ0n) is 11.3. The van der Waals surface area contributed by atoms with Gasteiger partial charge in [0.2, 0.25) is 0 Å². The quantitative estimate of drug-likeness (QED) is 0.914. The number of nitrogens with two attached hydrogens (primary N) is 1. The van der Waals surface area contributed by atoms with Crippen molar-refractivity contribution in [3.63, 3.8) is 0 Å². The standard InChI is InChI=1S/C15H20N4/c1-2-19-14(10-16)17-18-15(19)13-8-7-11-5-3-4-6-12(11)9-13/h3-6,13H,2,7-10,16H2,1H3. The number of benzene rings is 1. The van der Waals surface area contributed by atoms with Crippen molar-refractivity contribution in [1.82, 2.24) is 14.8 Å². The Morgan fingerprint density at radius 2 is 2.05 bits per heavy atom. The molecule has 19 heavy (non-hydrogen) atoms. The number of hydrogen-bond acceptors (Lipinski definition) is 3. The molecule has 0 saturated carbocycles. The summed E-state index contributed by atoms with van der Waals surface area (Å²) < 4.78 is 2.18. The van der Waals surface area contributed by atoms with Crippen LogP contribution in [-0.4, -0.2) is 14.8 Å². The lowest BCUT2D eigenvalue weighted by Crippen LogP contribution is -2.18. The summed E-state index contributed by atoms with van der Waals surface area (Å²) in [7, 11) is 0. The Hall–Kier alpha value is -1.68. The van der Waals surface area contributed by atoms with Gasteiger partial charge in [0.25, 0.3) is 0 Å². The maximum atomic E-state index is 5.72. The van der Waals surface area contributed by atoms with Crippen LogP contribution in [0.4, 0.5) is 0 Å². The van der Waals surface area contributed by atoms with Gasteiger partial charge in [-0.25, -0.2) is 0 Å². The molecule has 1 unspecified atom stereocenters. The lowest BCUT2D eigenvalue weighted by Gasteiger charge is -2.24. The van der Waals surface area contributed by atoms with E-state index < -0.39 is 0 Å². The number of fused-ring (bicyclic) bond motifs is 1. The van der Waals surface area contributed by atoms with E-state index in [0.717, 1.165) is 37.5 Å². The van der Waals surface area contributed by atoms with E-state index in [2.05, 4.69) is 46.0 Å². The van der Waals surface area contributed by atoms with Crippen molar-refractivity contribution >= 4 is 0 Å². The molecule has 1 aromatic carbocycles. The van der Waals surface area contributed by atoms with Gasteiger partial charge in [-0.2, -0.15) is 0 Å². The van der Waals surface area contributed by atoms with Crippen LogP contribution >= 0.6 is 0 Å². The Balaban J connectivity index is 1.91. The molecule has 0 saturated heterocycles. The summed E-state index contributed by atoms with van der Waals surface area (Å²) in [6, 6.07) is 8.72. The molecule has 0 spiro atoms. The Morgan fingerprint density at radius 1 is 1.26 bits per heavy atom. The number of rotatable bonds is 3. The van der Waals surface area contributed by atoms with Crippen molar-refractivity contribution in [2.75, 3.05) is 0 Å². The van der Waals surface area contributed by atoms with Gasteiger partial charge in [-0.15, -0.1) is 10.2 Å². The molecule has 4 heteroatoms. The smallest absolute Gasteiger partial charge is 0.146 e. The van der Waals surface area contributed by atoms with E-state index in [-0.39, 0.29) is 0 Å². The Bertz CT molecular complexity index is 573. The highest BCUT2D eigenvalue weighted by Gasteiger charge is 2.24. The monoisotopic (exact) mass is 256 g/mol. The van der Waals surface area contributed by atoms with Crippen molar-refractivity contribution in [3.05, 3.63) is 47.0 Å². The fraction of sp³-hybridized carbons (Fsp3) is 0.467. The molecule has 0 radical (unpaired) electrons. The largest absolute Gasteiger partial charge is 0.324 e. The fourth-order valence-corrected chi connectivity index (χ4v) is 3.06. The van der Waals surface area contributed by atoms with Crippen LogP contribution in [-0.2, 0) is 25.9 Å². The average Bonchev–Trinajstić information content (AvgIpc) is 2.89. The first kappa shape index (κ1) is 12.4.